The fraction of sp³-hybridized carbons (Fsp3) is 0.733. The molecular weight excluding hydrogens is 374 g/mol. The van der Waals surface area contributed by atoms with Crippen LogP contribution in [-0.2, 0) is 19.1 Å². The maximum absolute atomic E-state index is 12.7. The van der Waals surface area contributed by atoms with Gasteiger partial charge in [-0.2, -0.15) is 26.3 Å². The van der Waals surface area contributed by atoms with Crippen molar-refractivity contribution >= 4 is 11.9 Å². The summed E-state index contributed by atoms with van der Waals surface area (Å²) >= 11 is 0. The third kappa shape index (κ3) is 3.97. The quantitative estimate of drug-likeness (QED) is 0.442. The van der Waals surface area contributed by atoms with Crippen LogP contribution in [0.1, 0.15) is 39.5 Å². The molecule has 0 spiro atoms. The Labute approximate surface area is 144 Å². The third-order valence-corrected chi connectivity index (χ3v) is 4.07. The van der Waals surface area contributed by atoms with Crippen molar-refractivity contribution in [3.8, 4) is 0 Å². The van der Waals surface area contributed by atoms with E-state index in [4.69, 9.17) is 9.84 Å². The summed E-state index contributed by atoms with van der Waals surface area (Å²) in [5, 5.41) is 8.99. The zero-order valence-electron chi connectivity index (χ0n) is 14.0. The Hall–Kier alpha value is -1.78. The number of aliphatic hydroxyl groups is 1. The van der Waals surface area contributed by atoms with Gasteiger partial charge in [-0.05, 0) is 45.6 Å². The lowest BCUT2D eigenvalue weighted by atomic mass is 10.0. The third-order valence-electron chi connectivity index (χ3n) is 4.07. The molecule has 0 bridgehead atoms. The SMILES string of the molecule is C=CC1(OC(=O)C(C)(C)OC(=O)C(O)(C(F)(F)F)C(F)(F)F)CCCC1. The van der Waals surface area contributed by atoms with Crippen molar-refractivity contribution in [2.45, 2.75) is 68.7 Å². The molecule has 0 aliphatic heterocycles. The summed E-state index contributed by atoms with van der Waals surface area (Å²) in [5.41, 5.74) is -9.42. The first kappa shape index (κ1) is 22.3. The van der Waals surface area contributed by atoms with Gasteiger partial charge >= 0.3 is 29.9 Å². The molecular formula is C15H18F6O5. The minimum absolute atomic E-state index is 0.362. The smallest absolute Gasteiger partial charge is 0.437 e. The van der Waals surface area contributed by atoms with Crippen LogP contribution in [0.15, 0.2) is 12.7 Å². The van der Waals surface area contributed by atoms with Crippen molar-refractivity contribution in [2.24, 2.45) is 0 Å². The van der Waals surface area contributed by atoms with Gasteiger partial charge in [-0.1, -0.05) is 6.58 Å². The molecule has 1 aliphatic carbocycles. The van der Waals surface area contributed by atoms with E-state index in [0.29, 0.717) is 25.7 Å². The summed E-state index contributed by atoms with van der Waals surface area (Å²) in [6.07, 6.45) is -9.45. The molecule has 0 unspecified atom stereocenters. The lowest BCUT2D eigenvalue weighted by Gasteiger charge is -2.34. The summed E-state index contributed by atoms with van der Waals surface area (Å²) < 4.78 is 85.2. The summed E-state index contributed by atoms with van der Waals surface area (Å²) in [5.74, 6) is -4.43. The van der Waals surface area contributed by atoms with Crippen LogP contribution in [0.3, 0.4) is 0 Å². The normalized spacial score (nSPS) is 18.3. The summed E-state index contributed by atoms with van der Waals surface area (Å²) in [6, 6.07) is 0. The molecule has 1 rings (SSSR count). The van der Waals surface area contributed by atoms with Crippen LogP contribution in [0.25, 0.3) is 0 Å². The van der Waals surface area contributed by atoms with E-state index in [1.165, 1.54) is 6.08 Å². The van der Waals surface area contributed by atoms with Crippen LogP contribution in [0, 0.1) is 0 Å². The van der Waals surface area contributed by atoms with Crippen LogP contribution in [0.4, 0.5) is 26.3 Å². The second kappa shape index (κ2) is 6.75. The molecule has 1 fully saturated rings. The minimum atomic E-state index is -6.41. The van der Waals surface area contributed by atoms with E-state index in [1.807, 2.05) is 0 Å². The Morgan fingerprint density at radius 2 is 1.42 bits per heavy atom. The van der Waals surface area contributed by atoms with Crippen molar-refractivity contribution < 1.29 is 50.5 Å². The molecule has 1 saturated carbocycles. The first-order valence-corrected chi connectivity index (χ1v) is 7.49. The molecule has 0 heterocycles. The number of carbonyl (C=O) groups excluding carboxylic acids is 2. The molecule has 11 heteroatoms. The van der Waals surface area contributed by atoms with Gasteiger partial charge in [0.1, 0.15) is 5.60 Å². The van der Waals surface area contributed by atoms with Crippen molar-refractivity contribution in [1.29, 1.82) is 0 Å². The van der Waals surface area contributed by atoms with E-state index in [2.05, 4.69) is 11.3 Å². The summed E-state index contributed by atoms with van der Waals surface area (Å²) in [4.78, 5) is 23.7. The minimum Gasteiger partial charge on any atom is -0.452 e. The highest BCUT2D eigenvalue weighted by molar-refractivity contribution is 5.87. The van der Waals surface area contributed by atoms with Gasteiger partial charge in [-0.3, -0.25) is 0 Å². The maximum atomic E-state index is 12.7. The van der Waals surface area contributed by atoms with Gasteiger partial charge in [0.25, 0.3) is 0 Å². The topological polar surface area (TPSA) is 72.8 Å². The molecule has 0 saturated heterocycles. The Kier molecular flexibility index (Phi) is 5.78. The molecule has 0 aromatic heterocycles. The van der Waals surface area contributed by atoms with E-state index in [9.17, 15) is 35.9 Å². The van der Waals surface area contributed by atoms with E-state index in [0.717, 1.165) is 13.8 Å². The molecule has 150 valence electrons. The zero-order chi connectivity index (χ0) is 20.6. The van der Waals surface area contributed by atoms with Crippen LogP contribution in [-0.4, -0.2) is 46.2 Å². The number of rotatable bonds is 5. The second-order valence-corrected chi connectivity index (χ2v) is 6.47. The van der Waals surface area contributed by atoms with Gasteiger partial charge in [0.05, 0.1) is 0 Å². The van der Waals surface area contributed by atoms with E-state index in [-0.39, 0.29) is 0 Å². The van der Waals surface area contributed by atoms with Crippen molar-refractivity contribution in [3.63, 3.8) is 0 Å². The lowest BCUT2D eigenvalue weighted by Crippen LogP contribution is -2.64. The average Bonchev–Trinajstić information content (AvgIpc) is 2.92. The monoisotopic (exact) mass is 392 g/mol. The highest BCUT2D eigenvalue weighted by Crippen LogP contribution is 2.44. The van der Waals surface area contributed by atoms with Crippen LogP contribution in [0.2, 0.25) is 0 Å². The van der Waals surface area contributed by atoms with Gasteiger partial charge in [-0.15, -0.1) is 0 Å². The molecule has 1 aliphatic rings. The Morgan fingerprint density at radius 3 is 1.77 bits per heavy atom. The molecule has 0 radical (unpaired) electrons. The number of hydrogen-bond donors (Lipinski definition) is 1. The van der Waals surface area contributed by atoms with Gasteiger partial charge in [0.15, 0.2) is 0 Å². The van der Waals surface area contributed by atoms with Crippen molar-refractivity contribution in [3.05, 3.63) is 12.7 Å². The van der Waals surface area contributed by atoms with Crippen LogP contribution >= 0.6 is 0 Å². The van der Waals surface area contributed by atoms with Crippen molar-refractivity contribution in [1.82, 2.24) is 0 Å². The molecule has 26 heavy (non-hydrogen) atoms. The largest absolute Gasteiger partial charge is 0.452 e. The second-order valence-electron chi connectivity index (χ2n) is 6.47. The number of ether oxygens (including phenoxy) is 2. The van der Waals surface area contributed by atoms with E-state index in [1.54, 1.807) is 0 Å². The summed E-state index contributed by atoms with van der Waals surface area (Å²) in [7, 11) is 0. The average molecular weight is 392 g/mol. The molecule has 0 atom stereocenters. The number of carbonyl (C=O) groups is 2. The zero-order valence-corrected chi connectivity index (χ0v) is 14.0. The molecule has 0 aromatic carbocycles. The molecule has 5 nitrogen and oxygen atoms in total. The molecule has 0 amide bonds. The fourth-order valence-corrected chi connectivity index (χ4v) is 2.37. The Morgan fingerprint density at radius 1 is 1.00 bits per heavy atom. The number of esters is 2. The highest BCUT2D eigenvalue weighted by Gasteiger charge is 2.77. The molecule has 1 N–H and O–H groups in total. The summed E-state index contributed by atoms with van der Waals surface area (Å²) in [6.45, 7) is 5.00. The van der Waals surface area contributed by atoms with E-state index >= 15 is 0 Å². The highest BCUT2D eigenvalue weighted by atomic mass is 19.4. The number of hydrogen-bond acceptors (Lipinski definition) is 5. The first-order valence-electron chi connectivity index (χ1n) is 7.49. The maximum Gasteiger partial charge on any atom is 0.437 e. The van der Waals surface area contributed by atoms with E-state index < -0.39 is 41.1 Å². The predicted octanol–water partition coefficient (Wildman–Crippen LogP) is 3.21. The van der Waals surface area contributed by atoms with Gasteiger partial charge in [-0.25, -0.2) is 9.59 Å². The number of alkyl halides is 6. The van der Waals surface area contributed by atoms with Crippen LogP contribution in [0.5, 0.6) is 0 Å². The fourth-order valence-electron chi connectivity index (χ4n) is 2.37. The van der Waals surface area contributed by atoms with Gasteiger partial charge < -0.3 is 14.6 Å². The Bertz CT molecular complexity index is 558. The first-order chi connectivity index (χ1) is 11.5. The lowest BCUT2D eigenvalue weighted by molar-refractivity contribution is -0.358. The molecule has 0 aromatic rings. The van der Waals surface area contributed by atoms with Gasteiger partial charge in [0.2, 0.25) is 5.60 Å². The van der Waals surface area contributed by atoms with Crippen LogP contribution < -0.4 is 0 Å². The van der Waals surface area contributed by atoms with Gasteiger partial charge in [0, 0.05) is 0 Å². The standard InChI is InChI=1S/C15H18F6O5/c1-4-12(7-5-6-8-12)26-9(22)11(2,3)25-10(23)13(24,14(16,17)18)15(19,20)21/h4,24H,1,5-8H2,2-3H3. The predicted molar refractivity (Wildman–Crippen MR) is 74.7 cm³/mol. The van der Waals surface area contributed by atoms with Crippen molar-refractivity contribution in [2.75, 3.05) is 0 Å². The Balaban J connectivity index is 3.05. The number of halogens is 6.